The number of nitro benzene ring substituents is 1. The molecule has 0 atom stereocenters. The molecule has 1 aliphatic heterocycles. The lowest BCUT2D eigenvalue weighted by Crippen LogP contribution is -2.41. The van der Waals surface area contributed by atoms with Crippen molar-refractivity contribution in [2.45, 2.75) is 39.5 Å². The first-order chi connectivity index (χ1) is 16.3. The van der Waals surface area contributed by atoms with Gasteiger partial charge < -0.3 is 4.90 Å². The lowest BCUT2D eigenvalue weighted by atomic mass is 9.90. The van der Waals surface area contributed by atoms with E-state index in [-0.39, 0.29) is 17.1 Å². The summed E-state index contributed by atoms with van der Waals surface area (Å²) in [5.41, 5.74) is 2.39. The Labute approximate surface area is 198 Å². The number of carbonyl (C=O) groups excluding carboxylic acids is 1. The summed E-state index contributed by atoms with van der Waals surface area (Å²) in [6.07, 6.45) is 3.83. The first-order valence-corrected chi connectivity index (χ1v) is 11.5. The van der Waals surface area contributed by atoms with Crippen LogP contribution in [0.1, 0.15) is 46.6 Å². The van der Waals surface area contributed by atoms with Crippen LogP contribution in [0.5, 0.6) is 0 Å². The fourth-order valence-corrected chi connectivity index (χ4v) is 4.44. The van der Waals surface area contributed by atoms with Crippen molar-refractivity contribution in [3.8, 4) is 5.69 Å². The van der Waals surface area contributed by atoms with Crippen molar-refractivity contribution >= 4 is 11.6 Å². The Kier molecular flexibility index (Phi) is 6.86. The van der Waals surface area contributed by atoms with Crippen LogP contribution < -0.4 is 5.43 Å². The summed E-state index contributed by atoms with van der Waals surface area (Å²) < 4.78 is 1.31. The molecule has 0 aliphatic carbocycles. The van der Waals surface area contributed by atoms with Crippen molar-refractivity contribution in [1.82, 2.24) is 14.7 Å². The molecule has 1 aromatic heterocycles. The predicted molar refractivity (Wildman–Crippen MR) is 129 cm³/mol. The minimum atomic E-state index is -0.503. The molecule has 3 aromatic rings. The van der Waals surface area contributed by atoms with Crippen LogP contribution in [0.3, 0.4) is 0 Å². The quantitative estimate of drug-likeness (QED) is 0.405. The van der Waals surface area contributed by atoms with Crippen molar-refractivity contribution in [1.29, 1.82) is 0 Å². The highest BCUT2D eigenvalue weighted by molar-refractivity contribution is 5.92. The van der Waals surface area contributed by atoms with Gasteiger partial charge in [-0.05, 0) is 57.1 Å². The van der Waals surface area contributed by atoms with Gasteiger partial charge in [-0.25, -0.2) is 4.68 Å². The van der Waals surface area contributed by atoms with Gasteiger partial charge in [-0.1, -0.05) is 42.0 Å². The van der Waals surface area contributed by atoms with Crippen LogP contribution in [-0.4, -0.2) is 38.6 Å². The smallest absolute Gasteiger partial charge is 0.294 e. The minimum absolute atomic E-state index is 0.144. The van der Waals surface area contributed by atoms with E-state index in [1.54, 1.807) is 30.0 Å². The topological polar surface area (TPSA) is 98.3 Å². The Bertz CT molecular complexity index is 1260. The molecule has 1 aliphatic rings. The second kappa shape index (κ2) is 9.99. The van der Waals surface area contributed by atoms with Crippen molar-refractivity contribution in [3.63, 3.8) is 0 Å². The van der Waals surface area contributed by atoms with Gasteiger partial charge in [0.05, 0.1) is 4.92 Å². The fourth-order valence-electron chi connectivity index (χ4n) is 4.44. The molecule has 8 nitrogen and oxygen atoms in total. The maximum absolute atomic E-state index is 13.2. The Morgan fingerprint density at radius 2 is 1.76 bits per heavy atom. The van der Waals surface area contributed by atoms with E-state index in [4.69, 9.17) is 0 Å². The fraction of sp³-hybridized carbons (Fsp3) is 0.346. The highest BCUT2D eigenvalue weighted by atomic mass is 16.6. The highest BCUT2D eigenvalue weighted by Crippen LogP contribution is 2.25. The molecule has 4 rings (SSSR count). The summed E-state index contributed by atoms with van der Waals surface area (Å²) in [5.74, 6) is 0.106. The molecule has 1 amide bonds. The van der Waals surface area contributed by atoms with Crippen molar-refractivity contribution < 1.29 is 9.72 Å². The average molecular weight is 461 g/mol. The number of nitrogens with zero attached hydrogens (tertiary/aromatic N) is 4. The van der Waals surface area contributed by atoms with Crippen LogP contribution in [0.15, 0.2) is 59.4 Å². The van der Waals surface area contributed by atoms with E-state index in [2.05, 4.69) is 36.3 Å². The van der Waals surface area contributed by atoms with Crippen LogP contribution >= 0.6 is 0 Å². The van der Waals surface area contributed by atoms with E-state index < -0.39 is 16.3 Å². The number of benzene rings is 2. The van der Waals surface area contributed by atoms with Gasteiger partial charge in [0.1, 0.15) is 5.69 Å². The number of carbonyl (C=O) groups is 1. The van der Waals surface area contributed by atoms with Gasteiger partial charge in [-0.2, -0.15) is 5.10 Å². The van der Waals surface area contributed by atoms with E-state index in [1.807, 2.05) is 0 Å². The third-order valence-corrected chi connectivity index (χ3v) is 6.48. The number of aryl methyl sites for hydroxylation is 3. The van der Waals surface area contributed by atoms with Gasteiger partial charge in [0.2, 0.25) is 5.43 Å². The number of para-hydroxylation sites is 2. The first kappa shape index (κ1) is 23.4. The molecule has 0 unspecified atom stereocenters. The summed E-state index contributed by atoms with van der Waals surface area (Å²) in [4.78, 5) is 38.4. The van der Waals surface area contributed by atoms with Crippen LogP contribution in [0.25, 0.3) is 5.69 Å². The zero-order valence-corrected chi connectivity index (χ0v) is 19.4. The van der Waals surface area contributed by atoms with Crippen LogP contribution in [-0.2, 0) is 6.42 Å². The molecular weight excluding hydrogens is 432 g/mol. The van der Waals surface area contributed by atoms with Crippen molar-refractivity contribution in [3.05, 3.63) is 97.4 Å². The second-order valence-corrected chi connectivity index (χ2v) is 8.92. The third kappa shape index (κ3) is 5.06. The SMILES string of the molecule is Cc1ccc(CCC2CCN(C(=O)c3nn(-c4ccccc4[N+](=O)[O-])c(C)cc3=O)CC2)cc1. The lowest BCUT2D eigenvalue weighted by Gasteiger charge is -2.31. The molecule has 1 saturated heterocycles. The highest BCUT2D eigenvalue weighted by Gasteiger charge is 2.27. The largest absolute Gasteiger partial charge is 0.337 e. The van der Waals surface area contributed by atoms with Gasteiger partial charge in [0.15, 0.2) is 5.69 Å². The monoisotopic (exact) mass is 460 g/mol. The lowest BCUT2D eigenvalue weighted by molar-refractivity contribution is -0.384. The van der Waals surface area contributed by atoms with Crippen molar-refractivity contribution in [2.75, 3.05) is 13.1 Å². The molecule has 1 fully saturated rings. The molecule has 0 saturated carbocycles. The molecule has 0 radical (unpaired) electrons. The maximum atomic E-state index is 13.2. The van der Waals surface area contributed by atoms with Crippen LogP contribution in [0.2, 0.25) is 0 Å². The number of hydrogen-bond acceptors (Lipinski definition) is 5. The Balaban J connectivity index is 1.46. The number of likely N-dealkylation sites (tertiary alicyclic amines) is 1. The molecule has 2 aromatic carbocycles. The molecule has 0 N–H and O–H groups in total. The summed E-state index contributed by atoms with van der Waals surface area (Å²) in [5, 5.41) is 15.7. The molecule has 34 heavy (non-hydrogen) atoms. The number of amides is 1. The van der Waals surface area contributed by atoms with E-state index in [0.29, 0.717) is 24.7 Å². The van der Waals surface area contributed by atoms with Gasteiger partial charge in [0.25, 0.3) is 11.6 Å². The van der Waals surface area contributed by atoms with Gasteiger partial charge in [-0.15, -0.1) is 0 Å². The van der Waals surface area contributed by atoms with E-state index >= 15 is 0 Å². The first-order valence-electron chi connectivity index (χ1n) is 11.5. The second-order valence-electron chi connectivity index (χ2n) is 8.92. The summed E-state index contributed by atoms with van der Waals surface area (Å²) in [6, 6.07) is 16.0. The van der Waals surface area contributed by atoms with Crippen LogP contribution in [0, 0.1) is 29.9 Å². The Morgan fingerprint density at radius 1 is 1.09 bits per heavy atom. The zero-order chi connectivity index (χ0) is 24.2. The Hall–Kier alpha value is -3.81. The normalized spacial score (nSPS) is 14.2. The van der Waals surface area contributed by atoms with E-state index in [1.165, 1.54) is 27.9 Å². The number of nitro groups is 1. The van der Waals surface area contributed by atoms with E-state index in [0.717, 1.165) is 25.7 Å². The van der Waals surface area contributed by atoms with Gasteiger partial charge in [-0.3, -0.25) is 19.7 Å². The summed E-state index contributed by atoms with van der Waals surface area (Å²) >= 11 is 0. The molecular formula is C26H28N4O4. The molecule has 0 spiro atoms. The summed E-state index contributed by atoms with van der Waals surface area (Å²) in [6.45, 7) is 4.85. The number of hydrogen-bond donors (Lipinski definition) is 0. The zero-order valence-electron chi connectivity index (χ0n) is 19.4. The number of aromatic nitrogens is 2. The van der Waals surface area contributed by atoms with Crippen molar-refractivity contribution in [2.24, 2.45) is 5.92 Å². The number of piperidine rings is 1. The van der Waals surface area contributed by atoms with Gasteiger partial charge >= 0.3 is 0 Å². The predicted octanol–water partition coefficient (Wildman–Crippen LogP) is 4.24. The molecule has 176 valence electrons. The van der Waals surface area contributed by atoms with Crippen LogP contribution in [0.4, 0.5) is 5.69 Å². The molecule has 0 bridgehead atoms. The van der Waals surface area contributed by atoms with E-state index in [9.17, 15) is 19.7 Å². The number of rotatable bonds is 6. The van der Waals surface area contributed by atoms with Gasteiger partial charge in [0, 0.05) is 30.9 Å². The molecule has 2 heterocycles. The minimum Gasteiger partial charge on any atom is -0.337 e. The maximum Gasteiger partial charge on any atom is 0.294 e. The standard InChI is InChI=1S/C26H28N4O4/c1-18-7-9-20(10-8-18)11-12-21-13-15-28(16-14-21)26(32)25-24(31)17-19(2)29(27-25)22-5-3-4-6-23(22)30(33)34/h3-10,17,21H,11-16H2,1-2H3. The average Bonchev–Trinajstić information content (AvgIpc) is 2.84. The summed E-state index contributed by atoms with van der Waals surface area (Å²) in [7, 11) is 0. The third-order valence-electron chi connectivity index (χ3n) is 6.48. The molecule has 8 heteroatoms. The Morgan fingerprint density at radius 3 is 2.44 bits per heavy atom.